The van der Waals surface area contributed by atoms with Crippen LogP contribution in [0.3, 0.4) is 0 Å². The summed E-state index contributed by atoms with van der Waals surface area (Å²) in [5.74, 6) is -1.55. The normalized spacial score (nSPS) is 16.4. The van der Waals surface area contributed by atoms with E-state index >= 15 is 0 Å². The lowest BCUT2D eigenvalue weighted by atomic mass is 10.1. The molecule has 1 saturated heterocycles. The molecular weight excluding hydrogens is 361 g/mol. The molecule has 1 atom stereocenters. The summed E-state index contributed by atoms with van der Waals surface area (Å²) in [5.41, 5.74) is 1.73. The number of benzene rings is 2. The smallest absolute Gasteiger partial charge is 0.229 e. The third-order valence-electron chi connectivity index (χ3n) is 4.71. The van der Waals surface area contributed by atoms with Crippen LogP contribution in [0, 0.1) is 11.7 Å². The van der Waals surface area contributed by atoms with Crippen LogP contribution in [0.4, 0.5) is 15.8 Å². The van der Waals surface area contributed by atoms with E-state index in [4.69, 9.17) is 0 Å². The van der Waals surface area contributed by atoms with E-state index in [0.717, 1.165) is 5.56 Å². The summed E-state index contributed by atoms with van der Waals surface area (Å²) in [6.45, 7) is 0.609. The fourth-order valence-electron chi connectivity index (χ4n) is 3.29. The average molecular weight is 379 g/mol. The van der Waals surface area contributed by atoms with E-state index in [2.05, 4.69) is 15.4 Å². The second-order valence-electron chi connectivity index (χ2n) is 6.60. The number of nitrogens with zero attached hydrogens (tertiary/aromatic N) is 4. The number of carbonyl (C=O) groups excluding carboxylic acids is 2. The lowest BCUT2D eigenvalue weighted by Gasteiger charge is -2.17. The highest BCUT2D eigenvalue weighted by atomic mass is 19.1. The Labute approximate surface area is 160 Å². The van der Waals surface area contributed by atoms with E-state index in [0.29, 0.717) is 12.2 Å². The highest BCUT2D eigenvalue weighted by Gasteiger charge is 2.36. The van der Waals surface area contributed by atoms with Gasteiger partial charge in [-0.05, 0) is 23.8 Å². The summed E-state index contributed by atoms with van der Waals surface area (Å²) in [5, 5.41) is 6.98. The van der Waals surface area contributed by atoms with E-state index in [-0.39, 0.29) is 30.5 Å². The molecule has 1 aromatic heterocycles. The molecule has 2 amide bonds. The Morgan fingerprint density at radius 3 is 2.75 bits per heavy atom. The molecule has 1 unspecified atom stereocenters. The first-order valence-corrected chi connectivity index (χ1v) is 8.88. The molecule has 1 N–H and O–H groups in total. The van der Waals surface area contributed by atoms with Gasteiger partial charge >= 0.3 is 0 Å². The summed E-state index contributed by atoms with van der Waals surface area (Å²) in [6.07, 6.45) is 3.09. The van der Waals surface area contributed by atoms with Gasteiger partial charge < -0.3 is 10.2 Å². The van der Waals surface area contributed by atoms with Gasteiger partial charge in [0.1, 0.15) is 18.5 Å². The summed E-state index contributed by atoms with van der Waals surface area (Å²) in [4.78, 5) is 30.3. The Bertz CT molecular complexity index is 1010. The second kappa shape index (κ2) is 7.59. The number of amides is 2. The van der Waals surface area contributed by atoms with Crippen molar-refractivity contribution in [1.82, 2.24) is 14.8 Å². The molecule has 1 aliphatic rings. The molecule has 8 heteroatoms. The van der Waals surface area contributed by atoms with Crippen LogP contribution in [0.5, 0.6) is 0 Å². The van der Waals surface area contributed by atoms with Crippen LogP contribution >= 0.6 is 0 Å². The number of halogens is 1. The number of aromatic nitrogens is 3. The van der Waals surface area contributed by atoms with Crippen molar-refractivity contribution in [2.45, 2.75) is 13.0 Å². The molecule has 2 heterocycles. The van der Waals surface area contributed by atoms with Crippen LogP contribution in [0.15, 0.2) is 61.2 Å². The van der Waals surface area contributed by atoms with Crippen LogP contribution in [-0.4, -0.2) is 33.1 Å². The molecule has 7 nitrogen and oxygen atoms in total. The van der Waals surface area contributed by atoms with Gasteiger partial charge in [-0.1, -0.05) is 30.3 Å². The van der Waals surface area contributed by atoms with Gasteiger partial charge in [0.15, 0.2) is 0 Å². The van der Waals surface area contributed by atoms with Crippen molar-refractivity contribution in [3.63, 3.8) is 0 Å². The Balaban J connectivity index is 1.48. The third-order valence-corrected chi connectivity index (χ3v) is 4.71. The lowest BCUT2D eigenvalue weighted by molar-refractivity contribution is -0.122. The summed E-state index contributed by atoms with van der Waals surface area (Å²) < 4.78 is 15.7. The van der Waals surface area contributed by atoms with E-state index in [1.54, 1.807) is 35.3 Å². The minimum Gasteiger partial charge on any atom is -0.325 e. The maximum absolute atomic E-state index is 14.0. The zero-order valence-electron chi connectivity index (χ0n) is 15.0. The fraction of sp³-hybridized carbons (Fsp3) is 0.200. The number of hydrogen-bond acceptors (Lipinski definition) is 4. The molecule has 142 valence electrons. The minimum atomic E-state index is -0.550. The van der Waals surface area contributed by atoms with Crippen LogP contribution in [0.2, 0.25) is 0 Å². The van der Waals surface area contributed by atoms with Gasteiger partial charge in [0, 0.05) is 18.7 Å². The first-order valence-electron chi connectivity index (χ1n) is 8.88. The van der Waals surface area contributed by atoms with Crippen molar-refractivity contribution in [2.24, 2.45) is 5.92 Å². The zero-order chi connectivity index (χ0) is 19.5. The molecule has 0 radical (unpaired) electrons. The Kier molecular flexibility index (Phi) is 4.84. The largest absolute Gasteiger partial charge is 0.325 e. The maximum atomic E-state index is 14.0. The number of carbonyl (C=O) groups is 2. The van der Waals surface area contributed by atoms with Crippen LogP contribution in [0.25, 0.3) is 0 Å². The van der Waals surface area contributed by atoms with Crippen molar-refractivity contribution < 1.29 is 14.0 Å². The van der Waals surface area contributed by atoms with Crippen LogP contribution in [0.1, 0.15) is 12.0 Å². The Morgan fingerprint density at radius 2 is 1.96 bits per heavy atom. The maximum Gasteiger partial charge on any atom is 0.229 e. The van der Waals surface area contributed by atoms with Crippen molar-refractivity contribution in [3.8, 4) is 0 Å². The Morgan fingerprint density at radius 1 is 1.18 bits per heavy atom. The molecule has 28 heavy (non-hydrogen) atoms. The number of hydrogen-bond donors (Lipinski definition) is 1. The van der Waals surface area contributed by atoms with Crippen molar-refractivity contribution in [1.29, 1.82) is 0 Å². The molecule has 0 spiro atoms. The molecule has 0 bridgehead atoms. The Hall–Kier alpha value is -3.55. The predicted molar refractivity (Wildman–Crippen MR) is 101 cm³/mol. The van der Waals surface area contributed by atoms with Crippen LogP contribution in [-0.2, 0) is 16.1 Å². The predicted octanol–water partition coefficient (Wildman–Crippen LogP) is 2.46. The van der Waals surface area contributed by atoms with E-state index < -0.39 is 11.7 Å². The van der Waals surface area contributed by atoms with Gasteiger partial charge in [-0.2, -0.15) is 5.10 Å². The average Bonchev–Trinajstić information content (AvgIpc) is 3.33. The zero-order valence-corrected chi connectivity index (χ0v) is 15.0. The number of para-hydroxylation sites is 2. The second-order valence-corrected chi connectivity index (χ2v) is 6.60. The van der Waals surface area contributed by atoms with Gasteiger partial charge in [-0.15, -0.1) is 0 Å². The fourth-order valence-corrected chi connectivity index (χ4v) is 3.29. The molecule has 4 rings (SSSR count). The number of rotatable bonds is 5. The first kappa shape index (κ1) is 17.8. The molecular formula is C20H18FN5O2. The summed E-state index contributed by atoms with van der Waals surface area (Å²) in [7, 11) is 0. The third kappa shape index (κ3) is 3.62. The molecule has 0 saturated carbocycles. The highest BCUT2D eigenvalue weighted by molar-refractivity contribution is 6.03. The number of nitrogens with one attached hydrogen (secondary N) is 1. The van der Waals surface area contributed by atoms with E-state index in [9.17, 15) is 14.0 Å². The van der Waals surface area contributed by atoms with Crippen molar-refractivity contribution >= 4 is 23.2 Å². The molecule has 0 aliphatic carbocycles. The van der Waals surface area contributed by atoms with E-state index in [1.165, 1.54) is 17.3 Å². The van der Waals surface area contributed by atoms with Crippen molar-refractivity contribution in [3.05, 3.63) is 72.6 Å². The topological polar surface area (TPSA) is 80.1 Å². The highest BCUT2D eigenvalue weighted by Crippen LogP contribution is 2.28. The van der Waals surface area contributed by atoms with Gasteiger partial charge in [0.25, 0.3) is 0 Å². The van der Waals surface area contributed by atoms with Crippen molar-refractivity contribution in [2.75, 3.05) is 16.8 Å². The number of anilines is 2. The molecule has 1 fully saturated rings. The van der Waals surface area contributed by atoms with Crippen LogP contribution < -0.4 is 10.2 Å². The standard InChI is InChI=1S/C20H18FN5O2/c21-16-6-2-4-8-18(16)26-11-15(9-19(26)27)20(28)24-17-7-3-1-5-14(17)10-25-13-22-12-23-25/h1-8,12-13,15H,9-11H2,(H,24,28). The van der Waals surface area contributed by atoms with Gasteiger partial charge in [0.05, 0.1) is 18.2 Å². The molecule has 1 aliphatic heterocycles. The SMILES string of the molecule is O=C(Nc1ccccc1Cn1cncn1)C1CC(=O)N(c2ccccc2F)C1. The molecule has 3 aromatic rings. The summed E-state index contributed by atoms with van der Waals surface area (Å²) >= 11 is 0. The van der Waals surface area contributed by atoms with Gasteiger partial charge in [-0.3, -0.25) is 9.59 Å². The van der Waals surface area contributed by atoms with E-state index in [1.807, 2.05) is 18.2 Å². The lowest BCUT2D eigenvalue weighted by Crippen LogP contribution is -2.29. The first-order chi connectivity index (χ1) is 13.6. The van der Waals surface area contributed by atoms with Gasteiger partial charge in [0.2, 0.25) is 11.8 Å². The summed E-state index contributed by atoms with van der Waals surface area (Å²) in [6, 6.07) is 13.5. The monoisotopic (exact) mass is 379 g/mol. The molecule has 2 aromatic carbocycles. The quantitative estimate of drug-likeness (QED) is 0.739. The minimum absolute atomic E-state index is 0.0470. The van der Waals surface area contributed by atoms with Gasteiger partial charge in [-0.25, -0.2) is 14.1 Å².